The van der Waals surface area contributed by atoms with Gasteiger partial charge >= 0.3 is 6.36 Å². The highest BCUT2D eigenvalue weighted by Crippen LogP contribution is 2.25. The summed E-state index contributed by atoms with van der Waals surface area (Å²) in [7, 11) is -4.04. The van der Waals surface area contributed by atoms with E-state index in [1.54, 1.807) is 6.07 Å². The first-order chi connectivity index (χ1) is 12.1. The molecule has 2 N–H and O–H groups in total. The molecule has 0 aliphatic carbocycles. The van der Waals surface area contributed by atoms with Crippen molar-refractivity contribution >= 4 is 21.6 Å². The number of ether oxygens (including phenoxy) is 1. The highest BCUT2D eigenvalue weighted by molar-refractivity contribution is 7.92. The van der Waals surface area contributed by atoms with E-state index in [-0.39, 0.29) is 16.5 Å². The van der Waals surface area contributed by atoms with Crippen molar-refractivity contribution in [3.05, 3.63) is 53.6 Å². The van der Waals surface area contributed by atoms with Crippen LogP contribution in [0.15, 0.2) is 47.4 Å². The lowest BCUT2D eigenvalue weighted by molar-refractivity contribution is -0.274. The molecule has 0 saturated heterocycles. The summed E-state index contributed by atoms with van der Waals surface area (Å²) in [5, 5.41) is 2.66. The molecule has 0 saturated carbocycles. The second-order valence-corrected chi connectivity index (χ2v) is 7.18. The summed E-state index contributed by atoms with van der Waals surface area (Å²) < 4.78 is 67.2. The van der Waals surface area contributed by atoms with Crippen molar-refractivity contribution in [2.24, 2.45) is 0 Å². The molecule has 3 rings (SSSR count). The maximum Gasteiger partial charge on any atom is 0.573 e. The number of nitrogens with one attached hydrogen (secondary N) is 2. The zero-order valence-electron chi connectivity index (χ0n) is 13.1. The van der Waals surface area contributed by atoms with Crippen LogP contribution in [0.25, 0.3) is 0 Å². The lowest BCUT2D eigenvalue weighted by Gasteiger charge is -2.17. The average Bonchev–Trinajstić information content (AvgIpc) is 2.54. The third-order valence-electron chi connectivity index (χ3n) is 3.65. The Morgan fingerprint density at radius 3 is 2.42 bits per heavy atom. The first-order valence-corrected chi connectivity index (χ1v) is 8.92. The second kappa shape index (κ2) is 6.52. The van der Waals surface area contributed by atoms with Gasteiger partial charge in [0.1, 0.15) is 5.75 Å². The normalized spacial score (nSPS) is 14.3. The topological polar surface area (TPSA) is 84.5 Å². The Bertz CT molecular complexity index is 941. The molecule has 2 aromatic carbocycles. The minimum absolute atomic E-state index is 0.177. The van der Waals surface area contributed by atoms with E-state index in [0.29, 0.717) is 18.5 Å². The smallest absolute Gasteiger partial charge is 0.406 e. The van der Waals surface area contributed by atoms with Crippen LogP contribution in [0, 0.1) is 0 Å². The highest BCUT2D eigenvalue weighted by atomic mass is 32.2. The zero-order valence-corrected chi connectivity index (χ0v) is 13.9. The Kier molecular flexibility index (Phi) is 4.53. The Labute approximate surface area is 147 Å². The number of amides is 1. The predicted octanol–water partition coefficient (Wildman–Crippen LogP) is 2.67. The summed E-state index contributed by atoms with van der Waals surface area (Å²) in [4.78, 5) is 11.6. The number of carbonyl (C=O) groups is 1. The monoisotopic (exact) mass is 386 g/mol. The van der Waals surface area contributed by atoms with Crippen molar-refractivity contribution < 1.29 is 31.1 Å². The number of hydrogen-bond acceptors (Lipinski definition) is 4. The van der Waals surface area contributed by atoms with E-state index in [1.165, 1.54) is 12.1 Å². The van der Waals surface area contributed by atoms with Gasteiger partial charge in [0.15, 0.2) is 0 Å². The fraction of sp³-hybridized carbons (Fsp3) is 0.188. The number of alkyl halides is 3. The Hall–Kier alpha value is -2.75. The van der Waals surface area contributed by atoms with Gasteiger partial charge in [-0.15, -0.1) is 13.2 Å². The lowest BCUT2D eigenvalue weighted by Crippen LogP contribution is -2.31. The quantitative estimate of drug-likeness (QED) is 0.846. The lowest BCUT2D eigenvalue weighted by atomic mass is 10.00. The molecule has 1 aliphatic rings. The van der Waals surface area contributed by atoms with Crippen LogP contribution in [0.4, 0.5) is 18.9 Å². The van der Waals surface area contributed by atoms with E-state index in [1.807, 2.05) is 0 Å². The summed E-state index contributed by atoms with van der Waals surface area (Å²) in [5.41, 5.74) is 1.37. The molecule has 1 heterocycles. The molecule has 0 aromatic heterocycles. The molecule has 0 spiro atoms. The average molecular weight is 386 g/mol. The van der Waals surface area contributed by atoms with E-state index in [9.17, 15) is 26.4 Å². The highest BCUT2D eigenvalue weighted by Gasteiger charge is 2.31. The van der Waals surface area contributed by atoms with Crippen LogP contribution in [0.1, 0.15) is 15.9 Å². The van der Waals surface area contributed by atoms with Crippen LogP contribution in [-0.2, 0) is 16.4 Å². The van der Waals surface area contributed by atoms with Gasteiger partial charge in [-0.2, -0.15) is 0 Å². The van der Waals surface area contributed by atoms with E-state index in [0.717, 1.165) is 29.8 Å². The number of carbonyl (C=O) groups excluding carboxylic acids is 1. The maximum absolute atomic E-state index is 12.4. The molecule has 1 amide bonds. The van der Waals surface area contributed by atoms with Gasteiger partial charge in [-0.25, -0.2) is 8.42 Å². The molecule has 6 nitrogen and oxygen atoms in total. The summed E-state index contributed by atoms with van der Waals surface area (Å²) in [6, 6.07) is 8.40. The van der Waals surface area contributed by atoms with Crippen molar-refractivity contribution in [2.45, 2.75) is 17.7 Å². The standard InChI is InChI=1S/C16H13F3N2O4S/c17-16(18,19)25-12-3-5-13(6-4-12)26(23,24)21-11-2-1-10-7-8-20-15(22)14(10)9-11/h1-6,9,21H,7-8H2,(H,20,22). The minimum Gasteiger partial charge on any atom is -0.406 e. The minimum atomic E-state index is -4.86. The zero-order chi connectivity index (χ0) is 18.9. The van der Waals surface area contributed by atoms with Crippen LogP contribution >= 0.6 is 0 Å². The molecule has 26 heavy (non-hydrogen) atoms. The third kappa shape index (κ3) is 4.07. The summed E-state index contributed by atoms with van der Waals surface area (Å²) in [6.07, 6.45) is -4.21. The molecule has 138 valence electrons. The maximum atomic E-state index is 12.4. The Morgan fingerprint density at radius 2 is 1.77 bits per heavy atom. The van der Waals surface area contributed by atoms with Crippen molar-refractivity contribution in [2.75, 3.05) is 11.3 Å². The van der Waals surface area contributed by atoms with Gasteiger partial charge in [-0.1, -0.05) is 6.07 Å². The number of sulfonamides is 1. The molecule has 0 unspecified atom stereocenters. The molecule has 0 bridgehead atoms. The van der Waals surface area contributed by atoms with Gasteiger partial charge in [-0.05, 0) is 48.4 Å². The number of fused-ring (bicyclic) bond motifs is 1. The fourth-order valence-corrected chi connectivity index (χ4v) is 3.56. The van der Waals surface area contributed by atoms with Crippen molar-refractivity contribution in [3.63, 3.8) is 0 Å². The molecular formula is C16H13F3N2O4S. The summed E-state index contributed by atoms with van der Waals surface area (Å²) in [6.45, 7) is 0.517. The Balaban J connectivity index is 1.81. The van der Waals surface area contributed by atoms with Crippen molar-refractivity contribution in [1.29, 1.82) is 0 Å². The molecule has 0 atom stereocenters. The van der Waals surface area contributed by atoms with Crippen LogP contribution in [-0.4, -0.2) is 27.2 Å². The molecule has 1 aliphatic heterocycles. The number of hydrogen-bond donors (Lipinski definition) is 2. The van der Waals surface area contributed by atoms with Crippen LogP contribution in [0.2, 0.25) is 0 Å². The fourth-order valence-electron chi connectivity index (χ4n) is 2.51. The van der Waals surface area contributed by atoms with E-state index < -0.39 is 22.1 Å². The number of rotatable bonds is 4. The number of halogens is 3. The number of benzene rings is 2. The van der Waals surface area contributed by atoms with Crippen molar-refractivity contribution in [1.82, 2.24) is 5.32 Å². The first-order valence-electron chi connectivity index (χ1n) is 7.44. The third-order valence-corrected chi connectivity index (χ3v) is 5.05. The molecule has 0 fully saturated rings. The van der Waals surface area contributed by atoms with Gasteiger partial charge in [0.05, 0.1) is 4.90 Å². The van der Waals surface area contributed by atoms with Crippen LogP contribution in [0.5, 0.6) is 5.75 Å². The van der Waals surface area contributed by atoms with Gasteiger partial charge in [-0.3, -0.25) is 9.52 Å². The van der Waals surface area contributed by atoms with Gasteiger partial charge in [0, 0.05) is 17.8 Å². The van der Waals surface area contributed by atoms with E-state index >= 15 is 0 Å². The van der Waals surface area contributed by atoms with Crippen LogP contribution < -0.4 is 14.8 Å². The molecule has 10 heteroatoms. The molecule has 0 radical (unpaired) electrons. The van der Waals surface area contributed by atoms with Crippen molar-refractivity contribution in [3.8, 4) is 5.75 Å². The SMILES string of the molecule is O=C1NCCc2ccc(NS(=O)(=O)c3ccc(OC(F)(F)F)cc3)cc21. The summed E-state index contributed by atoms with van der Waals surface area (Å²) >= 11 is 0. The second-order valence-electron chi connectivity index (χ2n) is 5.50. The van der Waals surface area contributed by atoms with Gasteiger partial charge in [0.2, 0.25) is 0 Å². The van der Waals surface area contributed by atoms with Gasteiger partial charge in [0.25, 0.3) is 15.9 Å². The largest absolute Gasteiger partial charge is 0.573 e. The Morgan fingerprint density at radius 1 is 1.08 bits per heavy atom. The predicted molar refractivity (Wildman–Crippen MR) is 86.4 cm³/mol. The van der Waals surface area contributed by atoms with E-state index in [4.69, 9.17) is 0 Å². The van der Waals surface area contributed by atoms with Gasteiger partial charge < -0.3 is 10.1 Å². The molecule has 2 aromatic rings. The summed E-state index contributed by atoms with van der Waals surface area (Å²) in [5.74, 6) is -0.817. The number of anilines is 1. The van der Waals surface area contributed by atoms with Crippen LogP contribution in [0.3, 0.4) is 0 Å². The molecular weight excluding hydrogens is 373 g/mol. The first kappa shape index (κ1) is 18.1. The van der Waals surface area contributed by atoms with E-state index in [2.05, 4.69) is 14.8 Å².